The Balaban J connectivity index is 4.00. The minimum atomic E-state index is -4.63. The summed E-state index contributed by atoms with van der Waals surface area (Å²) >= 11 is 0. The van der Waals surface area contributed by atoms with Crippen molar-refractivity contribution in [2.24, 2.45) is 0 Å². The molecule has 0 aromatic rings. The molecule has 0 aromatic heterocycles. The van der Waals surface area contributed by atoms with Crippen LogP contribution in [0, 0.1) is 0 Å². The normalized spacial score (nSPS) is 13.1. The average Bonchev–Trinajstić information content (AvgIpc) is 3.35. The first-order valence-corrected chi connectivity index (χ1v) is 33.7. The van der Waals surface area contributed by atoms with E-state index < -0.39 is 26.5 Å². The van der Waals surface area contributed by atoms with Crippen LogP contribution in [-0.4, -0.2) is 70.0 Å². The van der Waals surface area contributed by atoms with Crippen molar-refractivity contribution in [3.8, 4) is 0 Å². The molecule has 0 heterocycles. The van der Waals surface area contributed by atoms with Gasteiger partial charge >= 0.3 is 11.9 Å². The number of hydrogen-bond acceptors (Lipinski definition) is 8. The van der Waals surface area contributed by atoms with Crippen molar-refractivity contribution in [1.29, 1.82) is 0 Å². The predicted octanol–water partition coefficient (Wildman–Crippen LogP) is 19.6. The van der Waals surface area contributed by atoms with Gasteiger partial charge in [-0.25, -0.2) is 0 Å². The first-order valence-electron chi connectivity index (χ1n) is 32.2. The number of unbranched alkanes of at least 4 members (excludes halogenated alkanes) is 47. The summed E-state index contributed by atoms with van der Waals surface area (Å²) in [5, 5.41) is 0. The lowest BCUT2D eigenvalue weighted by Crippen LogP contribution is -2.37. The van der Waals surface area contributed by atoms with Gasteiger partial charge in [-0.1, -0.05) is 316 Å². The van der Waals surface area contributed by atoms with Gasteiger partial charge in [0.2, 0.25) is 0 Å². The number of phosphoric ester groups is 1. The van der Waals surface area contributed by atoms with Crippen LogP contribution >= 0.6 is 7.82 Å². The third-order valence-corrected chi connectivity index (χ3v) is 15.8. The zero-order chi connectivity index (χ0) is 53.5. The highest BCUT2D eigenvalue weighted by atomic mass is 31.2. The average molecular weight is 1060 g/mol. The fraction of sp³-hybridized carbons (Fsp3) is 0.968. The number of carbonyl (C=O) groups excluding carboxylic acids is 2. The maximum absolute atomic E-state index is 12.8. The summed E-state index contributed by atoms with van der Waals surface area (Å²) in [7, 11) is 1.19. The summed E-state index contributed by atoms with van der Waals surface area (Å²) < 4.78 is 34.2. The summed E-state index contributed by atoms with van der Waals surface area (Å²) in [6.45, 7) is 4.32. The van der Waals surface area contributed by atoms with Crippen molar-refractivity contribution >= 4 is 19.8 Å². The van der Waals surface area contributed by atoms with Gasteiger partial charge < -0.3 is 27.9 Å². The minimum absolute atomic E-state index is 0.0250. The topological polar surface area (TPSA) is 111 Å². The van der Waals surface area contributed by atoms with E-state index in [4.69, 9.17) is 18.5 Å². The Labute approximate surface area is 454 Å². The van der Waals surface area contributed by atoms with Gasteiger partial charge in [0.1, 0.15) is 19.8 Å². The minimum Gasteiger partial charge on any atom is -0.756 e. The fourth-order valence-corrected chi connectivity index (χ4v) is 10.6. The van der Waals surface area contributed by atoms with Crippen LogP contribution in [0.5, 0.6) is 0 Å². The van der Waals surface area contributed by atoms with Crippen molar-refractivity contribution in [3.05, 3.63) is 0 Å². The molecule has 0 fully saturated rings. The molecule has 2 atom stereocenters. The van der Waals surface area contributed by atoms with Crippen LogP contribution in [0.2, 0.25) is 0 Å². The number of esters is 2. The van der Waals surface area contributed by atoms with Gasteiger partial charge in [0.25, 0.3) is 7.82 Å². The van der Waals surface area contributed by atoms with Gasteiger partial charge in [0.15, 0.2) is 6.10 Å². The van der Waals surface area contributed by atoms with Crippen LogP contribution in [0.1, 0.15) is 341 Å². The number of carbonyl (C=O) groups is 2. The largest absolute Gasteiger partial charge is 0.756 e. The van der Waals surface area contributed by atoms with Gasteiger partial charge in [0.05, 0.1) is 27.7 Å². The third-order valence-electron chi connectivity index (χ3n) is 14.9. The third kappa shape index (κ3) is 60.1. The maximum atomic E-state index is 12.8. The number of phosphoric acid groups is 1. The molecular formula is C63H126NO8P. The zero-order valence-corrected chi connectivity index (χ0v) is 50.5. The molecule has 9 nitrogen and oxygen atoms in total. The molecule has 73 heavy (non-hydrogen) atoms. The second kappa shape index (κ2) is 55.8. The second-order valence-corrected chi connectivity index (χ2v) is 24.9. The summed E-state index contributed by atoms with van der Waals surface area (Å²) in [4.78, 5) is 37.9. The van der Waals surface area contributed by atoms with Gasteiger partial charge in [-0.15, -0.1) is 0 Å². The van der Waals surface area contributed by atoms with Gasteiger partial charge in [0, 0.05) is 12.8 Å². The zero-order valence-electron chi connectivity index (χ0n) is 49.6. The van der Waals surface area contributed by atoms with Gasteiger partial charge in [-0.3, -0.25) is 14.2 Å². The van der Waals surface area contributed by atoms with Crippen molar-refractivity contribution in [3.63, 3.8) is 0 Å². The van der Waals surface area contributed by atoms with E-state index in [-0.39, 0.29) is 32.0 Å². The standard InChI is InChI=1S/C63H126NO8P/c1-6-8-10-12-14-16-18-20-22-24-26-27-28-29-30-31-32-33-34-35-36-38-40-42-44-46-48-50-52-54-56-63(66)72-61(60-71-73(67,68)70-58-57-64(3,4)5)59-69-62(65)55-53-51-49-47-45-43-41-39-37-25-23-21-19-17-15-13-11-9-7-2/h61H,6-60H2,1-5H3. The highest BCUT2D eigenvalue weighted by Crippen LogP contribution is 2.38. The summed E-state index contributed by atoms with van der Waals surface area (Å²) in [5.41, 5.74) is 0. The molecule has 0 N–H and O–H groups in total. The molecule has 0 aliphatic heterocycles. The Kier molecular flexibility index (Phi) is 55.0. The molecular weight excluding hydrogens is 930 g/mol. The lowest BCUT2D eigenvalue weighted by Gasteiger charge is -2.28. The van der Waals surface area contributed by atoms with Crippen LogP contribution in [-0.2, 0) is 32.7 Å². The number of likely N-dealkylation sites (N-methyl/N-ethyl adjacent to an activating group) is 1. The van der Waals surface area contributed by atoms with Crippen molar-refractivity contribution in [1.82, 2.24) is 0 Å². The summed E-state index contributed by atoms with van der Waals surface area (Å²) in [5.74, 6) is -0.807. The molecule has 0 amide bonds. The molecule has 0 saturated heterocycles. The van der Waals surface area contributed by atoms with Gasteiger partial charge in [-0.05, 0) is 12.8 Å². The Morgan fingerprint density at radius 1 is 0.370 bits per heavy atom. The van der Waals surface area contributed by atoms with Gasteiger partial charge in [-0.2, -0.15) is 0 Å². The van der Waals surface area contributed by atoms with Crippen molar-refractivity contribution in [2.75, 3.05) is 47.5 Å². The number of rotatable bonds is 61. The Morgan fingerprint density at radius 3 is 0.877 bits per heavy atom. The molecule has 0 rings (SSSR count). The Morgan fingerprint density at radius 2 is 0.616 bits per heavy atom. The van der Waals surface area contributed by atoms with E-state index in [1.54, 1.807) is 0 Å². The van der Waals surface area contributed by atoms with Crippen molar-refractivity contribution < 1.29 is 42.1 Å². The van der Waals surface area contributed by atoms with E-state index >= 15 is 0 Å². The molecule has 0 spiro atoms. The number of hydrogen-bond donors (Lipinski definition) is 0. The first kappa shape index (κ1) is 72.0. The molecule has 0 aromatic carbocycles. The Bertz CT molecular complexity index is 1200. The molecule has 10 heteroatoms. The highest BCUT2D eigenvalue weighted by Gasteiger charge is 2.22. The number of nitrogens with zero attached hydrogens (tertiary/aromatic N) is 1. The summed E-state index contributed by atoms with van der Waals surface area (Å²) in [6, 6.07) is 0. The van der Waals surface area contributed by atoms with Crippen LogP contribution in [0.15, 0.2) is 0 Å². The van der Waals surface area contributed by atoms with E-state index in [9.17, 15) is 19.0 Å². The van der Waals surface area contributed by atoms with E-state index in [2.05, 4.69) is 13.8 Å². The fourth-order valence-electron chi connectivity index (χ4n) is 9.90. The van der Waals surface area contributed by atoms with Crippen molar-refractivity contribution in [2.45, 2.75) is 347 Å². The predicted molar refractivity (Wildman–Crippen MR) is 310 cm³/mol. The van der Waals surface area contributed by atoms with Crippen LogP contribution < -0.4 is 4.89 Å². The lowest BCUT2D eigenvalue weighted by atomic mass is 10.0. The quantitative estimate of drug-likeness (QED) is 0.0256. The monoisotopic (exact) mass is 1060 g/mol. The van der Waals surface area contributed by atoms with E-state index in [0.717, 1.165) is 32.1 Å². The highest BCUT2D eigenvalue weighted by molar-refractivity contribution is 7.45. The van der Waals surface area contributed by atoms with Crippen LogP contribution in [0.4, 0.5) is 0 Å². The SMILES string of the molecule is CCCCCCCCCCCCCCCCCCCCCCCCCCCCCCCCC(=O)OC(COC(=O)CCCCCCCCCCCCCCCCCCCCC)COP(=O)([O-])OCC[N+](C)(C)C. The smallest absolute Gasteiger partial charge is 0.306 e. The molecule has 0 aliphatic rings. The van der Waals surface area contributed by atoms with Crippen LogP contribution in [0.25, 0.3) is 0 Å². The number of quaternary nitrogens is 1. The van der Waals surface area contributed by atoms with E-state index in [1.165, 1.54) is 276 Å². The molecule has 0 bridgehead atoms. The summed E-state index contributed by atoms with van der Waals surface area (Å²) in [6.07, 6.45) is 64.6. The molecule has 436 valence electrons. The molecule has 0 aliphatic carbocycles. The molecule has 0 saturated carbocycles. The molecule has 2 unspecified atom stereocenters. The van der Waals surface area contributed by atoms with E-state index in [1.807, 2.05) is 21.1 Å². The Hall–Kier alpha value is -0.990. The number of ether oxygens (including phenoxy) is 2. The second-order valence-electron chi connectivity index (χ2n) is 23.5. The first-order chi connectivity index (χ1) is 35.5. The van der Waals surface area contributed by atoms with Crippen LogP contribution in [0.3, 0.4) is 0 Å². The lowest BCUT2D eigenvalue weighted by molar-refractivity contribution is -0.870. The molecule has 0 radical (unpaired) electrons. The van der Waals surface area contributed by atoms with E-state index in [0.29, 0.717) is 17.4 Å². The maximum Gasteiger partial charge on any atom is 0.306 e.